The summed E-state index contributed by atoms with van der Waals surface area (Å²) in [5.41, 5.74) is 0. The summed E-state index contributed by atoms with van der Waals surface area (Å²) in [6.45, 7) is 3.20. The molecular formula is C17H27NO6. The van der Waals surface area contributed by atoms with Crippen LogP contribution in [0.3, 0.4) is 0 Å². The third kappa shape index (κ3) is 4.77. The summed E-state index contributed by atoms with van der Waals surface area (Å²) in [5.74, 6) is -1.05. The fourth-order valence-electron chi connectivity index (χ4n) is 3.69. The molecule has 2 fully saturated rings. The molecule has 7 nitrogen and oxygen atoms in total. The number of likely N-dealkylation sites (tertiary alicyclic amines) is 1. The summed E-state index contributed by atoms with van der Waals surface area (Å²) in [7, 11) is 0. The van der Waals surface area contributed by atoms with Crippen molar-refractivity contribution in [1.29, 1.82) is 0 Å². The Hall–Kier alpha value is -1.47. The number of carboxylic acid groups (broad SMARTS) is 1. The second-order valence-electron chi connectivity index (χ2n) is 6.56. The van der Waals surface area contributed by atoms with Gasteiger partial charge in [-0.1, -0.05) is 19.8 Å². The molecule has 0 bridgehead atoms. The van der Waals surface area contributed by atoms with E-state index in [1.807, 2.05) is 6.92 Å². The van der Waals surface area contributed by atoms with Gasteiger partial charge in [0.2, 0.25) is 11.8 Å². The van der Waals surface area contributed by atoms with E-state index in [4.69, 9.17) is 14.6 Å². The fourth-order valence-corrected chi connectivity index (χ4v) is 3.69. The van der Waals surface area contributed by atoms with E-state index in [-0.39, 0.29) is 49.8 Å². The SMILES string of the molecule is CC1C(=O)N(CCOCCOCCC(=O)O)C(=O)C1C1CCCC1. The van der Waals surface area contributed by atoms with Crippen molar-refractivity contribution < 1.29 is 29.0 Å². The van der Waals surface area contributed by atoms with Crippen LogP contribution in [-0.4, -0.2) is 60.8 Å². The fraction of sp³-hybridized carbons (Fsp3) is 0.824. The Morgan fingerprint density at radius 2 is 1.71 bits per heavy atom. The number of imide groups is 1. The Balaban J connectivity index is 1.66. The van der Waals surface area contributed by atoms with Gasteiger partial charge in [0.25, 0.3) is 0 Å². The summed E-state index contributed by atoms with van der Waals surface area (Å²) in [6.07, 6.45) is 4.37. The van der Waals surface area contributed by atoms with E-state index < -0.39 is 5.97 Å². The van der Waals surface area contributed by atoms with Crippen LogP contribution in [0.2, 0.25) is 0 Å². The predicted octanol–water partition coefficient (Wildman–Crippen LogP) is 1.31. The molecule has 1 N–H and O–H groups in total. The molecule has 1 saturated heterocycles. The van der Waals surface area contributed by atoms with Gasteiger partial charge in [0.1, 0.15) is 0 Å². The maximum Gasteiger partial charge on any atom is 0.305 e. The summed E-state index contributed by atoms with van der Waals surface area (Å²) >= 11 is 0. The van der Waals surface area contributed by atoms with Gasteiger partial charge >= 0.3 is 5.97 Å². The van der Waals surface area contributed by atoms with Crippen molar-refractivity contribution in [3.05, 3.63) is 0 Å². The largest absolute Gasteiger partial charge is 0.481 e. The van der Waals surface area contributed by atoms with Crippen molar-refractivity contribution in [1.82, 2.24) is 4.90 Å². The van der Waals surface area contributed by atoms with Crippen LogP contribution in [0.1, 0.15) is 39.0 Å². The number of nitrogens with zero attached hydrogens (tertiary/aromatic N) is 1. The number of hydrogen-bond acceptors (Lipinski definition) is 5. The van der Waals surface area contributed by atoms with Gasteiger partial charge in [0.05, 0.1) is 45.3 Å². The van der Waals surface area contributed by atoms with Crippen LogP contribution in [0.4, 0.5) is 0 Å². The van der Waals surface area contributed by atoms with Crippen LogP contribution in [-0.2, 0) is 23.9 Å². The molecule has 2 rings (SSSR count). The molecule has 136 valence electrons. The normalized spacial score (nSPS) is 25.0. The Morgan fingerprint density at radius 3 is 2.33 bits per heavy atom. The van der Waals surface area contributed by atoms with Crippen LogP contribution in [0.15, 0.2) is 0 Å². The topological polar surface area (TPSA) is 93.1 Å². The highest BCUT2D eigenvalue weighted by atomic mass is 16.5. The van der Waals surface area contributed by atoms with Crippen LogP contribution >= 0.6 is 0 Å². The lowest BCUT2D eigenvalue weighted by Gasteiger charge is -2.19. The van der Waals surface area contributed by atoms with Gasteiger partial charge in [-0.25, -0.2) is 0 Å². The molecule has 2 unspecified atom stereocenters. The standard InChI is InChI=1S/C17H27NO6/c1-12-15(13-4-2-3-5-13)17(22)18(16(12)21)7-9-24-11-10-23-8-6-14(19)20/h12-13,15H,2-11H2,1H3,(H,19,20). The van der Waals surface area contributed by atoms with Crippen molar-refractivity contribution in [3.8, 4) is 0 Å². The van der Waals surface area contributed by atoms with Gasteiger partial charge in [-0.05, 0) is 18.8 Å². The Labute approximate surface area is 142 Å². The number of carboxylic acids is 1. The predicted molar refractivity (Wildman–Crippen MR) is 85.2 cm³/mol. The van der Waals surface area contributed by atoms with Crippen molar-refractivity contribution in [2.45, 2.75) is 39.0 Å². The number of hydrogen-bond donors (Lipinski definition) is 1. The quantitative estimate of drug-likeness (QED) is 0.476. The molecule has 1 heterocycles. The van der Waals surface area contributed by atoms with Gasteiger partial charge in [0, 0.05) is 5.92 Å². The van der Waals surface area contributed by atoms with Crippen molar-refractivity contribution in [2.75, 3.05) is 33.0 Å². The van der Waals surface area contributed by atoms with Crippen LogP contribution in [0.5, 0.6) is 0 Å². The first-order valence-corrected chi connectivity index (χ1v) is 8.75. The summed E-state index contributed by atoms with van der Waals surface area (Å²) < 4.78 is 10.5. The minimum absolute atomic E-state index is 0.0305. The average molecular weight is 341 g/mol. The van der Waals surface area contributed by atoms with E-state index in [1.165, 1.54) is 4.90 Å². The number of amides is 2. The molecule has 1 aliphatic heterocycles. The maximum absolute atomic E-state index is 12.6. The van der Waals surface area contributed by atoms with Crippen molar-refractivity contribution >= 4 is 17.8 Å². The lowest BCUT2D eigenvalue weighted by Crippen LogP contribution is -2.35. The van der Waals surface area contributed by atoms with Gasteiger partial charge in [-0.3, -0.25) is 19.3 Å². The summed E-state index contributed by atoms with van der Waals surface area (Å²) in [4.78, 5) is 36.5. The second-order valence-corrected chi connectivity index (χ2v) is 6.56. The molecular weight excluding hydrogens is 314 g/mol. The molecule has 0 aromatic carbocycles. The van der Waals surface area contributed by atoms with E-state index in [2.05, 4.69) is 0 Å². The highest BCUT2D eigenvalue weighted by Crippen LogP contribution is 2.40. The van der Waals surface area contributed by atoms with E-state index in [0.29, 0.717) is 19.1 Å². The highest BCUT2D eigenvalue weighted by molar-refractivity contribution is 6.05. The molecule has 0 aromatic heterocycles. The first-order valence-electron chi connectivity index (χ1n) is 8.75. The molecule has 2 atom stereocenters. The molecule has 0 aromatic rings. The zero-order chi connectivity index (χ0) is 17.5. The molecule has 0 radical (unpaired) electrons. The maximum atomic E-state index is 12.6. The Bertz CT molecular complexity index is 460. The number of aliphatic carboxylic acids is 1. The molecule has 0 spiro atoms. The van der Waals surface area contributed by atoms with Crippen LogP contribution in [0, 0.1) is 17.8 Å². The van der Waals surface area contributed by atoms with E-state index >= 15 is 0 Å². The first kappa shape index (κ1) is 18.9. The number of carbonyl (C=O) groups excluding carboxylic acids is 2. The van der Waals surface area contributed by atoms with Gasteiger partial charge in [-0.2, -0.15) is 0 Å². The zero-order valence-corrected chi connectivity index (χ0v) is 14.2. The summed E-state index contributed by atoms with van der Waals surface area (Å²) in [5, 5.41) is 8.47. The van der Waals surface area contributed by atoms with E-state index in [9.17, 15) is 14.4 Å². The molecule has 2 aliphatic rings. The highest BCUT2D eigenvalue weighted by Gasteiger charge is 2.48. The third-order valence-electron chi connectivity index (χ3n) is 4.94. The average Bonchev–Trinajstić information content (AvgIpc) is 3.12. The summed E-state index contributed by atoms with van der Waals surface area (Å²) in [6, 6.07) is 0. The van der Waals surface area contributed by atoms with Gasteiger partial charge in [-0.15, -0.1) is 0 Å². The number of ether oxygens (including phenoxy) is 2. The third-order valence-corrected chi connectivity index (χ3v) is 4.94. The monoisotopic (exact) mass is 341 g/mol. The second kappa shape index (κ2) is 9.13. The first-order chi connectivity index (χ1) is 11.5. The minimum Gasteiger partial charge on any atom is -0.481 e. The van der Waals surface area contributed by atoms with Gasteiger partial charge < -0.3 is 14.6 Å². The van der Waals surface area contributed by atoms with Crippen molar-refractivity contribution in [3.63, 3.8) is 0 Å². The zero-order valence-electron chi connectivity index (χ0n) is 14.2. The van der Waals surface area contributed by atoms with Crippen molar-refractivity contribution in [2.24, 2.45) is 17.8 Å². The lowest BCUT2D eigenvalue weighted by atomic mass is 9.83. The molecule has 1 aliphatic carbocycles. The van der Waals surface area contributed by atoms with E-state index in [1.54, 1.807) is 0 Å². The number of rotatable bonds is 10. The van der Waals surface area contributed by atoms with Crippen LogP contribution in [0.25, 0.3) is 0 Å². The van der Waals surface area contributed by atoms with Crippen LogP contribution < -0.4 is 0 Å². The molecule has 24 heavy (non-hydrogen) atoms. The Morgan fingerprint density at radius 1 is 1.08 bits per heavy atom. The number of carbonyl (C=O) groups is 3. The molecule has 2 amide bonds. The Kier molecular flexibility index (Phi) is 7.17. The smallest absolute Gasteiger partial charge is 0.305 e. The van der Waals surface area contributed by atoms with Gasteiger partial charge in [0.15, 0.2) is 0 Å². The van der Waals surface area contributed by atoms with E-state index in [0.717, 1.165) is 25.7 Å². The molecule has 7 heteroatoms. The lowest BCUT2D eigenvalue weighted by molar-refractivity contribution is -0.141. The molecule has 1 saturated carbocycles. The minimum atomic E-state index is -0.895.